The van der Waals surface area contributed by atoms with Gasteiger partial charge in [0.15, 0.2) is 10.7 Å². The molecule has 12 heavy (non-hydrogen) atoms. The Morgan fingerprint density at radius 2 is 1.92 bits per heavy atom. The second-order valence-corrected chi connectivity index (χ2v) is 3.11. The zero-order valence-corrected chi connectivity index (χ0v) is 7.58. The van der Waals surface area contributed by atoms with Crippen molar-refractivity contribution in [3.05, 3.63) is 35.3 Å². The number of allylic oxidation sites excluding steroid dienone is 4. The van der Waals surface area contributed by atoms with Crippen LogP contribution >= 0.6 is 0 Å². The summed E-state index contributed by atoms with van der Waals surface area (Å²) in [6, 6.07) is 0. The minimum atomic E-state index is -2.62. The average Bonchev–Trinajstić information content (AvgIpc) is 2.04. The zero-order valence-electron chi connectivity index (χ0n) is 6.69. The molecule has 0 spiro atoms. The molecule has 0 aromatic rings. The number of aldehydes is 1. The van der Waals surface area contributed by atoms with Crippen LogP contribution in [-0.2, 0) is 15.5 Å². The van der Waals surface area contributed by atoms with E-state index < -0.39 is 10.7 Å². The Morgan fingerprint density at radius 1 is 1.33 bits per heavy atom. The minimum Gasteiger partial charge on any atom is -0.298 e. The fraction of sp³-hybridized carbons (Fsp3) is 0.125. The fourth-order valence-electron chi connectivity index (χ4n) is 0.460. The monoisotopic (exact) mass is 186 g/mol. The van der Waals surface area contributed by atoms with Crippen molar-refractivity contribution in [1.29, 1.82) is 0 Å². The highest BCUT2D eigenvalue weighted by Gasteiger charge is 1.90. The highest BCUT2D eigenvalue weighted by molar-refractivity contribution is 7.77. The largest absolute Gasteiger partial charge is 0.298 e. The van der Waals surface area contributed by atoms with E-state index in [9.17, 15) is 13.2 Å². The maximum Gasteiger partial charge on any atom is 0.168 e. The molecule has 0 rings (SSSR count). The van der Waals surface area contributed by atoms with E-state index in [0.29, 0.717) is 11.9 Å². The molecular formula is C8H10O3S. The third-order valence-corrected chi connectivity index (χ3v) is 1.88. The molecule has 0 radical (unpaired) electrons. The first kappa shape index (κ1) is 10.8. The lowest BCUT2D eigenvalue weighted by atomic mass is 10.3. The van der Waals surface area contributed by atoms with E-state index in [4.69, 9.17) is 0 Å². The molecule has 0 saturated heterocycles. The van der Waals surface area contributed by atoms with Crippen molar-refractivity contribution in [2.45, 2.75) is 6.92 Å². The molecule has 3 nitrogen and oxygen atoms in total. The Hall–Kier alpha value is -1.16. The maximum atomic E-state index is 10.4. The molecule has 4 heteroatoms. The van der Waals surface area contributed by atoms with Crippen LogP contribution in [0.25, 0.3) is 0 Å². The van der Waals surface area contributed by atoms with Crippen molar-refractivity contribution in [3.8, 4) is 0 Å². The van der Waals surface area contributed by atoms with Crippen molar-refractivity contribution in [3.63, 3.8) is 0 Å². The molecule has 0 aromatic carbocycles. The SMILES string of the molecule is C=C/C(=C\C=C(/C)C=O)[SH](=O)=O. The molecule has 0 aromatic heterocycles. The minimum absolute atomic E-state index is 0.103. The van der Waals surface area contributed by atoms with E-state index in [1.54, 1.807) is 6.92 Å². The quantitative estimate of drug-likeness (QED) is 0.306. The van der Waals surface area contributed by atoms with E-state index >= 15 is 0 Å². The molecule has 66 valence electrons. The molecule has 0 atom stereocenters. The summed E-state index contributed by atoms with van der Waals surface area (Å²) in [5.74, 6) is 0. The second-order valence-electron chi connectivity index (χ2n) is 2.08. The first-order valence-electron chi connectivity index (χ1n) is 3.22. The molecule has 0 aliphatic heterocycles. The third-order valence-electron chi connectivity index (χ3n) is 1.12. The highest BCUT2D eigenvalue weighted by Crippen LogP contribution is 1.98. The Kier molecular flexibility index (Phi) is 4.96. The van der Waals surface area contributed by atoms with Crippen LogP contribution in [0.3, 0.4) is 0 Å². The summed E-state index contributed by atoms with van der Waals surface area (Å²) in [5, 5.41) is 0. The second kappa shape index (κ2) is 5.49. The van der Waals surface area contributed by atoms with Crippen LogP contribution in [0.5, 0.6) is 0 Å². The average molecular weight is 186 g/mol. The standard InChI is InChI=1S/C8H10O3S/c1-3-8(12(10)11)5-4-7(2)6-9/h3-6,12H,1H2,2H3/b7-4+,8-5+. The molecule has 0 aliphatic carbocycles. The lowest BCUT2D eigenvalue weighted by Gasteiger charge is -1.86. The molecule has 0 fully saturated rings. The Morgan fingerprint density at radius 3 is 2.25 bits per heavy atom. The van der Waals surface area contributed by atoms with E-state index in [1.165, 1.54) is 18.2 Å². The van der Waals surface area contributed by atoms with Crippen LogP contribution in [0.2, 0.25) is 0 Å². The predicted molar refractivity (Wildman–Crippen MR) is 48.4 cm³/mol. The Balaban J connectivity index is 4.74. The molecule has 0 unspecified atom stereocenters. The van der Waals surface area contributed by atoms with Gasteiger partial charge in [0.1, 0.15) is 6.29 Å². The summed E-state index contributed by atoms with van der Waals surface area (Å²) < 4.78 is 20.8. The molecule has 0 saturated carbocycles. The molecule has 0 N–H and O–H groups in total. The number of hydrogen-bond donors (Lipinski definition) is 1. The molecular weight excluding hydrogens is 176 g/mol. The predicted octanol–water partition coefficient (Wildman–Crippen LogP) is 0.813. The topological polar surface area (TPSA) is 51.2 Å². The van der Waals surface area contributed by atoms with Crippen LogP contribution in [0.4, 0.5) is 0 Å². The molecule has 0 amide bonds. The fourth-order valence-corrected chi connectivity index (χ4v) is 0.805. The van der Waals surface area contributed by atoms with Gasteiger partial charge < -0.3 is 0 Å². The van der Waals surface area contributed by atoms with Crippen LogP contribution in [-0.4, -0.2) is 14.7 Å². The maximum absolute atomic E-state index is 10.4. The number of hydrogen-bond acceptors (Lipinski definition) is 3. The van der Waals surface area contributed by atoms with Crippen LogP contribution in [0.15, 0.2) is 35.3 Å². The summed E-state index contributed by atoms with van der Waals surface area (Å²) in [7, 11) is -2.62. The van der Waals surface area contributed by atoms with E-state index in [-0.39, 0.29) is 4.91 Å². The summed E-state index contributed by atoms with van der Waals surface area (Å²) in [4.78, 5) is 10.2. The van der Waals surface area contributed by atoms with Crippen molar-refractivity contribution < 1.29 is 13.2 Å². The van der Waals surface area contributed by atoms with Gasteiger partial charge in [-0.25, -0.2) is 8.42 Å². The van der Waals surface area contributed by atoms with Crippen molar-refractivity contribution in [1.82, 2.24) is 0 Å². The van der Waals surface area contributed by atoms with Gasteiger partial charge in [-0.05, 0) is 18.6 Å². The number of thiol groups is 1. The van der Waals surface area contributed by atoms with E-state index in [0.717, 1.165) is 0 Å². The van der Waals surface area contributed by atoms with Crippen LogP contribution in [0, 0.1) is 0 Å². The Labute approximate surface area is 73.0 Å². The van der Waals surface area contributed by atoms with Gasteiger partial charge in [0.2, 0.25) is 0 Å². The molecule has 0 bridgehead atoms. The van der Waals surface area contributed by atoms with Crippen molar-refractivity contribution in [2.24, 2.45) is 0 Å². The van der Waals surface area contributed by atoms with Gasteiger partial charge in [-0.1, -0.05) is 18.7 Å². The zero-order chi connectivity index (χ0) is 9.56. The number of carbonyl (C=O) groups excluding carboxylic acids is 1. The molecule has 0 aliphatic rings. The van der Waals surface area contributed by atoms with Crippen LogP contribution in [0.1, 0.15) is 6.92 Å². The van der Waals surface area contributed by atoms with Gasteiger partial charge >= 0.3 is 0 Å². The third kappa shape index (κ3) is 3.88. The Bertz CT molecular complexity index is 300. The smallest absolute Gasteiger partial charge is 0.168 e. The van der Waals surface area contributed by atoms with E-state index in [2.05, 4.69) is 6.58 Å². The van der Waals surface area contributed by atoms with Crippen molar-refractivity contribution in [2.75, 3.05) is 0 Å². The van der Waals surface area contributed by atoms with E-state index in [1.807, 2.05) is 0 Å². The number of carbonyl (C=O) groups is 1. The first-order chi connectivity index (χ1) is 5.61. The highest BCUT2D eigenvalue weighted by atomic mass is 32.2. The lowest BCUT2D eigenvalue weighted by Crippen LogP contribution is -1.80. The van der Waals surface area contributed by atoms with Crippen LogP contribution < -0.4 is 0 Å². The lowest BCUT2D eigenvalue weighted by molar-refractivity contribution is -0.104. The van der Waals surface area contributed by atoms with Crippen molar-refractivity contribution >= 4 is 17.0 Å². The molecule has 0 heterocycles. The van der Waals surface area contributed by atoms with Gasteiger partial charge in [0.05, 0.1) is 4.91 Å². The summed E-state index contributed by atoms with van der Waals surface area (Å²) in [5.41, 5.74) is 0.464. The van der Waals surface area contributed by atoms with Gasteiger partial charge in [-0.15, -0.1) is 0 Å². The van der Waals surface area contributed by atoms with Gasteiger partial charge in [-0.2, -0.15) is 0 Å². The van der Waals surface area contributed by atoms with Gasteiger partial charge in [0.25, 0.3) is 0 Å². The van der Waals surface area contributed by atoms with Gasteiger partial charge in [0, 0.05) is 0 Å². The van der Waals surface area contributed by atoms with Gasteiger partial charge in [-0.3, -0.25) is 4.79 Å². The first-order valence-corrected chi connectivity index (χ1v) is 4.40. The summed E-state index contributed by atoms with van der Waals surface area (Å²) >= 11 is 0. The summed E-state index contributed by atoms with van der Waals surface area (Å²) in [6.45, 7) is 4.90. The normalized spacial score (nSPS) is 13.2. The summed E-state index contributed by atoms with van der Waals surface area (Å²) in [6.07, 6.45) is 4.63. The number of rotatable bonds is 4.